The van der Waals surface area contributed by atoms with Gasteiger partial charge in [0, 0.05) is 11.8 Å². The summed E-state index contributed by atoms with van der Waals surface area (Å²) in [5, 5.41) is 0. The molecule has 0 aliphatic rings. The summed E-state index contributed by atoms with van der Waals surface area (Å²) in [5.41, 5.74) is 7.74. The zero-order chi connectivity index (χ0) is 8.10. The molecular formula is C10H14N. The smallest absolute Gasteiger partial charge is 0.0427 e. The van der Waals surface area contributed by atoms with Gasteiger partial charge in [0.2, 0.25) is 0 Å². The van der Waals surface area contributed by atoms with Gasteiger partial charge in [-0.3, -0.25) is 0 Å². The fourth-order valence-electron chi connectivity index (χ4n) is 1.07. The third-order valence-corrected chi connectivity index (χ3v) is 1.78. The van der Waals surface area contributed by atoms with Gasteiger partial charge < -0.3 is 5.73 Å². The van der Waals surface area contributed by atoms with Crippen molar-refractivity contribution in [2.75, 3.05) is 5.73 Å². The number of nitrogen functional groups attached to an aromatic ring is 1. The molecule has 0 aliphatic carbocycles. The first-order chi connectivity index (χ1) is 5.34. The predicted molar refractivity (Wildman–Crippen MR) is 48.3 cm³/mol. The summed E-state index contributed by atoms with van der Waals surface area (Å²) in [6.07, 6.45) is 3.51. The molecule has 0 spiro atoms. The van der Waals surface area contributed by atoms with Crippen LogP contribution in [0.2, 0.25) is 0 Å². The lowest BCUT2D eigenvalue weighted by Gasteiger charge is -2.02. The van der Waals surface area contributed by atoms with Gasteiger partial charge in [-0.25, -0.2) is 0 Å². The summed E-state index contributed by atoms with van der Waals surface area (Å²) in [5.74, 6) is 0. The monoisotopic (exact) mass is 148 g/mol. The molecule has 0 amide bonds. The maximum Gasteiger partial charge on any atom is 0.0427 e. The number of unbranched alkanes of at least 4 members (excludes halogenated alkanes) is 1. The van der Waals surface area contributed by atoms with Gasteiger partial charge in [0.15, 0.2) is 0 Å². The van der Waals surface area contributed by atoms with Crippen molar-refractivity contribution >= 4 is 5.69 Å². The van der Waals surface area contributed by atoms with Crippen LogP contribution in [0.5, 0.6) is 0 Å². The molecule has 0 saturated carbocycles. The van der Waals surface area contributed by atoms with Gasteiger partial charge in [-0.15, -0.1) is 0 Å². The van der Waals surface area contributed by atoms with Crippen molar-refractivity contribution in [1.82, 2.24) is 0 Å². The average Bonchev–Trinajstić information content (AvgIpc) is 2.03. The highest BCUT2D eigenvalue weighted by molar-refractivity contribution is 5.45. The predicted octanol–water partition coefficient (Wildman–Crippen LogP) is 2.41. The normalized spacial score (nSPS) is 9.91. The van der Waals surface area contributed by atoms with Crippen molar-refractivity contribution in [3.63, 3.8) is 0 Å². The second-order valence-electron chi connectivity index (χ2n) is 2.71. The average molecular weight is 148 g/mol. The van der Waals surface area contributed by atoms with Crippen molar-refractivity contribution in [3.05, 3.63) is 29.8 Å². The lowest BCUT2D eigenvalue weighted by molar-refractivity contribution is 0.796. The highest BCUT2D eigenvalue weighted by Crippen LogP contribution is 2.12. The third kappa shape index (κ3) is 2.26. The van der Waals surface area contributed by atoms with E-state index in [0.717, 1.165) is 12.1 Å². The Morgan fingerprint density at radius 1 is 1.55 bits per heavy atom. The molecule has 0 bridgehead atoms. The van der Waals surface area contributed by atoms with Gasteiger partial charge in [-0.1, -0.05) is 31.5 Å². The Labute approximate surface area is 68.2 Å². The van der Waals surface area contributed by atoms with Crippen molar-refractivity contribution < 1.29 is 0 Å². The SMILES string of the molecule is CCCCc1ccc[c]c1N. The number of para-hydroxylation sites is 1. The molecule has 1 aromatic carbocycles. The zero-order valence-electron chi connectivity index (χ0n) is 6.93. The number of nitrogens with two attached hydrogens (primary N) is 1. The Bertz CT molecular complexity index is 218. The Balaban J connectivity index is 2.62. The minimum atomic E-state index is 0.806. The van der Waals surface area contributed by atoms with Crippen LogP contribution in [0.25, 0.3) is 0 Å². The Morgan fingerprint density at radius 2 is 2.36 bits per heavy atom. The molecule has 59 valence electrons. The van der Waals surface area contributed by atoms with Crippen LogP contribution in [-0.4, -0.2) is 0 Å². The van der Waals surface area contributed by atoms with Crippen molar-refractivity contribution in [1.29, 1.82) is 0 Å². The van der Waals surface area contributed by atoms with E-state index in [1.54, 1.807) is 0 Å². The van der Waals surface area contributed by atoms with E-state index in [2.05, 4.69) is 19.1 Å². The third-order valence-electron chi connectivity index (χ3n) is 1.78. The molecule has 1 rings (SSSR count). The van der Waals surface area contributed by atoms with Gasteiger partial charge in [0.25, 0.3) is 0 Å². The number of aryl methyl sites for hydroxylation is 1. The maximum absolute atomic E-state index is 5.71. The highest BCUT2D eigenvalue weighted by atomic mass is 14.6. The van der Waals surface area contributed by atoms with Crippen LogP contribution in [0.15, 0.2) is 18.2 Å². The second-order valence-corrected chi connectivity index (χ2v) is 2.71. The van der Waals surface area contributed by atoms with Gasteiger partial charge >= 0.3 is 0 Å². The Kier molecular flexibility index (Phi) is 2.96. The van der Waals surface area contributed by atoms with Gasteiger partial charge in [0.05, 0.1) is 0 Å². The fourth-order valence-corrected chi connectivity index (χ4v) is 1.07. The molecule has 11 heavy (non-hydrogen) atoms. The van der Waals surface area contributed by atoms with E-state index >= 15 is 0 Å². The molecule has 1 aromatic rings. The Morgan fingerprint density at radius 3 is 3.00 bits per heavy atom. The van der Waals surface area contributed by atoms with Crippen LogP contribution in [0.1, 0.15) is 25.3 Å². The van der Waals surface area contributed by atoms with E-state index in [0.29, 0.717) is 0 Å². The van der Waals surface area contributed by atoms with E-state index in [9.17, 15) is 0 Å². The summed E-state index contributed by atoms with van der Waals surface area (Å²) >= 11 is 0. The van der Waals surface area contributed by atoms with Crippen molar-refractivity contribution in [2.45, 2.75) is 26.2 Å². The first-order valence-corrected chi connectivity index (χ1v) is 4.09. The maximum atomic E-state index is 5.71. The summed E-state index contributed by atoms with van der Waals surface area (Å²) < 4.78 is 0. The molecule has 0 unspecified atom stereocenters. The lowest BCUT2D eigenvalue weighted by Crippen LogP contribution is -1.93. The molecule has 0 fully saturated rings. The van der Waals surface area contributed by atoms with Crippen LogP contribution >= 0.6 is 0 Å². The number of benzene rings is 1. The first kappa shape index (κ1) is 8.12. The lowest BCUT2D eigenvalue weighted by atomic mass is 10.1. The summed E-state index contributed by atoms with van der Waals surface area (Å²) in [4.78, 5) is 0. The second kappa shape index (κ2) is 4.02. The van der Waals surface area contributed by atoms with E-state index in [-0.39, 0.29) is 0 Å². The fraction of sp³-hybridized carbons (Fsp3) is 0.400. The molecule has 0 aromatic heterocycles. The molecule has 0 heterocycles. The largest absolute Gasteiger partial charge is 0.398 e. The zero-order valence-corrected chi connectivity index (χ0v) is 6.93. The minimum Gasteiger partial charge on any atom is -0.398 e. The van der Waals surface area contributed by atoms with Crippen LogP contribution in [0.3, 0.4) is 0 Å². The molecule has 1 nitrogen and oxygen atoms in total. The molecule has 0 saturated heterocycles. The van der Waals surface area contributed by atoms with Crippen molar-refractivity contribution in [3.8, 4) is 0 Å². The first-order valence-electron chi connectivity index (χ1n) is 4.09. The standard InChI is InChI=1S/C10H14N/c1-2-3-6-9-7-4-5-8-10(9)11/h4-5,7H,2-3,6,11H2,1H3. The number of rotatable bonds is 3. The number of anilines is 1. The topological polar surface area (TPSA) is 26.0 Å². The molecule has 1 radical (unpaired) electrons. The Hall–Kier alpha value is -0.980. The van der Waals surface area contributed by atoms with E-state index in [4.69, 9.17) is 5.73 Å². The van der Waals surface area contributed by atoms with E-state index < -0.39 is 0 Å². The number of hydrogen-bond donors (Lipinski definition) is 1. The quantitative estimate of drug-likeness (QED) is 0.654. The van der Waals surface area contributed by atoms with Gasteiger partial charge in [-0.2, -0.15) is 0 Å². The summed E-state index contributed by atoms with van der Waals surface area (Å²) in [7, 11) is 0. The summed E-state index contributed by atoms with van der Waals surface area (Å²) in [6.45, 7) is 2.18. The van der Waals surface area contributed by atoms with Gasteiger partial charge in [-0.05, 0) is 18.4 Å². The molecule has 0 atom stereocenters. The highest BCUT2D eigenvalue weighted by Gasteiger charge is 1.95. The van der Waals surface area contributed by atoms with Crippen LogP contribution in [0, 0.1) is 6.07 Å². The van der Waals surface area contributed by atoms with Crippen LogP contribution in [-0.2, 0) is 6.42 Å². The van der Waals surface area contributed by atoms with Crippen LogP contribution in [0.4, 0.5) is 5.69 Å². The number of hydrogen-bond acceptors (Lipinski definition) is 1. The molecular weight excluding hydrogens is 134 g/mol. The van der Waals surface area contributed by atoms with Crippen LogP contribution < -0.4 is 5.73 Å². The van der Waals surface area contributed by atoms with Gasteiger partial charge in [0.1, 0.15) is 0 Å². The van der Waals surface area contributed by atoms with E-state index in [1.165, 1.54) is 18.4 Å². The minimum absolute atomic E-state index is 0.806. The van der Waals surface area contributed by atoms with E-state index in [1.807, 2.05) is 12.1 Å². The summed E-state index contributed by atoms with van der Waals surface area (Å²) in [6, 6.07) is 8.90. The molecule has 0 aliphatic heterocycles. The molecule has 1 heteroatoms. The van der Waals surface area contributed by atoms with Crippen molar-refractivity contribution in [2.24, 2.45) is 0 Å². The molecule has 2 N–H and O–H groups in total.